The van der Waals surface area contributed by atoms with Gasteiger partial charge in [-0.2, -0.15) is 0 Å². The summed E-state index contributed by atoms with van der Waals surface area (Å²) < 4.78 is 5.79. The molecule has 0 radical (unpaired) electrons. The molecule has 2 aromatic rings. The van der Waals surface area contributed by atoms with Crippen molar-refractivity contribution in [1.82, 2.24) is 15.5 Å². The maximum atomic E-state index is 12.3. The Balaban J connectivity index is 1.55. The van der Waals surface area contributed by atoms with Crippen LogP contribution in [0.1, 0.15) is 19.6 Å². The van der Waals surface area contributed by atoms with Crippen molar-refractivity contribution in [3.63, 3.8) is 0 Å². The fraction of sp³-hybridized carbons (Fsp3) is 0.400. The lowest BCUT2D eigenvalue weighted by Gasteiger charge is -2.36. The summed E-state index contributed by atoms with van der Waals surface area (Å²) in [5.74, 6) is 1.40. The third-order valence-electron chi connectivity index (χ3n) is 4.59. The van der Waals surface area contributed by atoms with E-state index in [1.165, 1.54) is 0 Å². The molecular formula is C20H24ClN3O3. The highest BCUT2D eigenvalue weighted by atomic mass is 35.5. The van der Waals surface area contributed by atoms with Gasteiger partial charge in [-0.15, -0.1) is 0 Å². The van der Waals surface area contributed by atoms with Crippen LogP contribution < -0.4 is 10.6 Å². The summed E-state index contributed by atoms with van der Waals surface area (Å²) in [5, 5.41) is 6.40. The predicted molar refractivity (Wildman–Crippen MR) is 104 cm³/mol. The standard InChI is InChI=1S/C20H24ClN3O3/c1-13(2)19-20(26)22-9-10-24(19)12-18(25)23-11-16-7-8-17(27-16)14-3-5-15(21)6-4-14/h3-8,13,19H,9-12H2,1-2H3,(H,22,26)(H,23,25). The highest BCUT2D eigenvalue weighted by Gasteiger charge is 2.33. The molecular weight excluding hydrogens is 366 g/mol. The first-order valence-corrected chi connectivity index (χ1v) is 9.45. The Morgan fingerprint density at radius 1 is 1.30 bits per heavy atom. The van der Waals surface area contributed by atoms with Crippen LogP contribution in [0.2, 0.25) is 5.02 Å². The summed E-state index contributed by atoms with van der Waals surface area (Å²) in [4.78, 5) is 26.3. The number of carbonyl (C=O) groups is 2. The normalized spacial score (nSPS) is 17.8. The van der Waals surface area contributed by atoms with Gasteiger partial charge in [0.15, 0.2) is 0 Å². The summed E-state index contributed by atoms with van der Waals surface area (Å²) in [6, 6.07) is 10.8. The van der Waals surface area contributed by atoms with Crippen LogP contribution in [0.5, 0.6) is 0 Å². The molecule has 0 saturated carbocycles. The van der Waals surface area contributed by atoms with Gasteiger partial charge in [0.25, 0.3) is 0 Å². The first-order valence-electron chi connectivity index (χ1n) is 9.07. The number of nitrogens with zero attached hydrogens (tertiary/aromatic N) is 1. The minimum Gasteiger partial charge on any atom is -0.459 e. The molecule has 1 aliphatic rings. The lowest BCUT2D eigenvalue weighted by molar-refractivity contribution is -0.133. The zero-order valence-electron chi connectivity index (χ0n) is 15.5. The minimum absolute atomic E-state index is 0.0114. The van der Waals surface area contributed by atoms with Crippen molar-refractivity contribution in [3.05, 3.63) is 47.2 Å². The fourth-order valence-corrected chi connectivity index (χ4v) is 3.43. The highest BCUT2D eigenvalue weighted by Crippen LogP contribution is 2.23. The Labute approximate surface area is 163 Å². The number of benzene rings is 1. The first kappa shape index (κ1) is 19.5. The predicted octanol–water partition coefficient (Wildman–Crippen LogP) is 2.67. The number of hydrogen-bond acceptors (Lipinski definition) is 4. The van der Waals surface area contributed by atoms with Crippen molar-refractivity contribution in [2.24, 2.45) is 5.92 Å². The molecule has 144 valence electrons. The molecule has 0 spiro atoms. The molecule has 1 aromatic heterocycles. The van der Waals surface area contributed by atoms with Gasteiger partial charge in [-0.3, -0.25) is 14.5 Å². The molecule has 2 heterocycles. The molecule has 0 bridgehead atoms. The minimum atomic E-state index is -0.273. The van der Waals surface area contributed by atoms with Gasteiger partial charge in [-0.1, -0.05) is 25.4 Å². The molecule has 1 aliphatic heterocycles. The Bertz CT molecular complexity index is 801. The van der Waals surface area contributed by atoms with Crippen LogP contribution in [0.15, 0.2) is 40.8 Å². The maximum Gasteiger partial charge on any atom is 0.237 e. The second kappa shape index (κ2) is 8.59. The summed E-state index contributed by atoms with van der Waals surface area (Å²) >= 11 is 5.90. The zero-order chi connectivity index (χ0) is 19.4. The molecule has 1 aromatic carbocycles. The Kier molecular flexibility index (Phi) is 6.19. The Hall–Kier alpha value is -2.31. The second-order valence-electron chi connectivity index (χ2n) is 7.00. The van der Waals surface area contributed by atoms with Crippen LogP contribution >= 0.6 is 11.6 Å². The number of carbonyl (C=O) groups excluding carboxylic acids is 2. The van der Waals surface area contributed by atoms with Crippen LogP contribution in [0.3, 0.4) is 0 Å². The first-order chi connectivity index (χ1) is 12.9. The molecule has 3 rings (SSSR count). The van der Waals surface area contributed by atoms with Crippen LogP contribution in [-0.4, -0.2) is 42.4 Å². The molecule has 6 nitrogen and oxygen atoms in total. The number of rotatable bonds is 6. The third kappa shape index (κ3) is 4.90. The van der Waals surface area contributed by atoms with E-state index in [2.05, 4.69) is 10.6 Å². The molecule has 27 heavy (non-hydrogen) atoms. The number of furan rings is 1. The van der Waals surface area contributed by atoms with Gasteiger partial charge in [0, 0.05) is 23.7 Å². The lowest BCUT2D eigenvalue weighted by Crippen LogP contribution is -2.59. The third-order valence-corrected chi connectivity index (χ3v) is 4.84. The van der Waals surface area contributed by atoms with E-state index in [-0.39, 0.29) is 30.3 Å². The molecule has 1 fully saturated rings. The van der Waals surface area contributed by atoms with E-state index in [9.17, 15) is 9.59 Å². The SMILES string of the molecule is CC(C)C1C(=O)NCCN1CC(=O)NCc1ccc(-c2ccc(Cl)cc2)o1. The topological polar surface area (TPSA) is 74.6 Å². The van der Waals surface area contributed by atoms with Gasteiger partial charge < -0.3 is 15.1 Å². The van der Waals surface area contributed by atoms with Crippen molar-refractivity contribution in [1.29, 1.82) is 0 Å². The van der Waals surface area contributed by atoms with Crippen LogP contribution in [0, 0.1) is 5.92 Å². The van der Waals surface area contributed by atoms with E-state index in [1.807, 2.05) is 43.0 Å². The van der Waals surface area contributed by atoms with Gasteiger partial charge in [-0.05, 0) is 42.3 Å². The van der Waals surface area contributed by atoms with Gasteiger partial charge in [0.1, 0.15) is 11.5 Å². The summed E-state index contributed by atoms with van der Waals surface area (Å²) in [6.07, 6.45) is 0. The monoisotopic (exact) mass is 389 g/mol. The number of amides is 2. The molecule has 2 N–H and O–H groups in total. The summed E-state index contributed by atoms with van der Waals surface area (Å²) in [5.41, 5.74) is 0.927. The number of hydrogen-bond donors (Lipinski definition) is 2. The van der Waals surface area contributed by atoms with E-state index in [0.717, 1.165) is 11.3 Å². The van der Waals surface area contributed by atoms with Gasteiger partial charge in [-0.25, -0.2) is 0 Å². The average molecular weight is 390 g/mol. The van der Waals surface area contributed by atoms with Crippen LogP contribution in [-0.2, 0) is 16.1 Å². The maximum absolute atomic E-state index is 12.3. The van der Waals surface area contributed by atoms with E-state index in [4.69, 9.17) is 16.0 Å². The largest absolute Gasteiger partial charge is 0.459 e. The average Bonchev–Trinajstić information content (AvgIpc) is 3.09. The van der Waals surface area contributed by atoms with Crippen LogP contribution in [0.4, 0.5) is 0 Å². The fourth-order valence-electron chi connectivity index (χ4n) is 3.30. The van der Waals surface area contributed by atoms with E-state index >= 15 is 0 Å². The molecule has 0 aliphatic carbocycles. The smallest absolute Gasteiger partial charge is 0.237 e. The summed E-state index contributed by atoms with van der Waals surface area (Å²) in [7, 11) is 0. The Morgan fingerprint density at radius 2 is 2.04 bits per heavy atom. The van der Waals surface area contributed by atoms with Crippen molar-refractivity contribution in [3.8, 4) is 11.3 Å². The number of piperazine rings is 1. The van der Waals surface area contributed by atoms with Gasteiger partial charge in [0.05, 0.1) is 19.1 Å². The molecule has 1 saturated heterocycles. The quantitative estimate of drug-likeness (QED) is 0.796. The molecule has 2 amide bonds. The van der Waals surface area contributed by atoms with E-state index in [1.54, 1.807) is 12.1 Å². The molecule has 7 heteroatoms. The van der Waals surface area contributed by atoms with Gasteiger partial charge in [0.2, 0.25) is 11.8 Å². The summed E-state index contributed by atoms with van der Waals surface area (Å²) in [6.45, 7) is 5.71. The van der Waals surface area contributed by atoms with Crippen molar-refractivity contribution < 1.29 is 14.0 Å². The molecule has 1 atom stereocenters. The zero-order valence-corrected chi connectivity index (χ0v) is 16.3. The van der Waals surface area contributed by atoms with E-state index in [0.29, 0.717) is 30.4 Å². The lowest BCUT2D eigenvalue weighted by atomic mass is 10.00. The van der Waals surface area contributed by atoms with Crippen LogP contribution in [0.25, 0.3) is 11.3 Å². The number of nitrogens with one attached hydrogen (secondary N) is 2. The molecule has 1 unspecified atom stereocenters. The van der Waals surface area contributed by atoms with E-state index < -0.39 is 0 Å². The Morgan fingerprint density at radius 3 is 2.74 bits per heavy atom. The van der Waals surface area contributed by atoms with Gasteiger partial charge >= 0.3 is 0 Å². The van der Waals surface area contributed by atoms with Crippen molar-refractivity contribution >= 4 is 23.4 Å². The number of halogens is 1. The second-order valence-corrected chi connectivity index (χ2v) is 7.44. The highest BCUT2D eigenvalue weighted by molar-refractivity contribution is 6.30. The van der Waals surface area contributed by atoms with Crippen molar-refractivity contribution in [2.75, 3.05) is 19.6 Å². The van der Waals surface area contributed by atoms with Crippen molar-refractivity contribution in [2.45, 2.75) is 26.4 Å².